The van der Waals surface area contributed by atoms with E-state index in [0.717, 1.165) is 6.42 Å². The lowest BCUT2D eigenvalue weighted by Gasteiger charge is -2.11. The van der Waals surface area contributed by atoms with Gasteiger partial charge in [-0.05, 0) is 31.0 Å². The summed E-state index contributed by atoms with van der Waals surface area (Å²) in [5.41, 5.74) is 0.794. The number of nitrogens with one attached hydrogen (secondary N) is 2. The molecule has 2 amide bonds. The van der Waals surface area contributed by atoms with Crippen LogP contribution in [0.4, 0.5) is 5.69 Å². The first-order chi connectivity index (χ1) is 10.6. The van der Waals surface area contributed by atoms with E-state index >= 15 is 0 Å². The van der Waals surface area contributed by atoms with Gasteiger partial charge in [0.15, 0.2) is 0 Å². The van der Waals surface area contributed by atoms with Crippen molar-refractivity contribution in [3.8, 4) is 0 Å². The van der Waals surface area contributed by atoms with Crippen LogP contribution in [0.2, 0.25) is 0 Å². The van der Waals surface area contributed by atoms with Crippen molar-refractivity contribution in [2.45, 2.75) is 18.9 Å². The zero-order valence-corrected chi connectivity index (χ0v) is 12.3. The largest absolute Gasteiger partial charge is 0.465 e. The lowest BCUT2D eigenvalue weighted by Crippen LogP contribution is -2.39. The highest BCUT2D eigenvalue weighted by Gasteiger charge is 2.23. The predicted octanol–water partition coefficient (Wildman–Crippen LogP) is 0.707. The van der Waals surface area contributed by atoms with Crippen LogP contribution in [0.15, 0.2) is 24.3 Å². The topological polar surface area (TPSA) is 93.7 Å². The van der Waals surface area contributed by atoms with Gasteiger partial charge in [0.1, 0.15) is 6.10 Å². The standard InChI is InChI=1S/C15H18N2O5/c1-21-15(20)10-4-2-5-11(8-10)17-13(18)9-16-14(19)12-6-3-7-22-12/h2,4-5,8,12H,3,6-7,9H2,1H3,(H,16,19)(H,17,18). The zero-order chi connectivity index (χ0) is 15.9. The quantitative estimate of drug-likeness (QED) is 0.781. The fraction of sp³-hybridized carbons (Fsp3) is 0.400. The van der Waals surface area contributed by atoms with Crippen molar-refractivity contribution < 1.29 is 23.9 Å². The van der Waals surface area contributed by atoms with E-state index in [4.69, 9.17) is 4.74 Å². The predicted molar refractivity (Wildman–Crippen MR) is 78.4 cm³/mol. The molecule has 0 aromatic heterocycles. The van der Waals surface area contributed by atoms with Crippen molar-refractivity contribution in [2.24, 2.45) is 0 Å². The van der Waals surface area contributed by atoms with E-state index in [2.05, 4.69) is 15.4 Å². The molecule has 1 aliphatic heterocycles. The molecule has 0 saturated carbocycles. The van der Waals surface area contributed by atoms with E-state index in [-0.39, 0.29) is 18.4 Å². The second kappa shape index (κ2) is 7.56. The Morgan fingerprint density at radius 3 is 2.86 bits per heavy atom. The molecule has 7 nitrogen and oxygen atoms in total. The van der Waals surface area contributed by atoms with Crippen LogP contribution in [0.5, 0.6) is 0 Å². The average Bonchev–Trinajstić information content (AvgIpc) is 3.06. The Morgan fingerprint density at radius 1 is 1.36 bits per heavy atom. The summed E-state index contributed by atoms with van der Waals surface area (Å²) < 4.78 is 9.83. The van der Waals surface area contributed by atoms with E-state index < -0.39 is 12.1 Å². The van der Waals surface area contributed by atoms with Gasteiger partial charge in [-0.1, -0.05) is 6.07 Å². The number of ether oxygens (including phenoxy) is 2. The van der Waals surface area contributed by atoms with Crippen LogP contribution >= 0.6 is 0 Å². The van der Waals surface area contributed by atoms with Crippen molar-refractivity contribution in [2.75, 3.05) is 25.6 Å². The highest BCUT2D eigenvalue weighted by molar-refractivity contribution is 5.97. The average molecular weight is 306 g/mol. The van der Waals surface area contributed by atoms with Crippen molar-refractivity contribution in [3.63, 3.8) is 0 Å². The molecule has 1 unspecified atom stereocenters. The second-order valence-corrected chi connectivity index (χ2v) is 4.84. The number of anilines is 1. The van der Waals surface area contributed by atoms with Crippen LogP contribution in [0.25, 0.3) is 0 Å². The Kier molecular flexibility index (Phi) is 5.48. The van der Waals surface area contributed by atoms with Crippen molar-refractivity contribution in [1.29, 1.82) is 0 Å². The molecule has 1 aliphatic rings. The molecular formula is C15H18N2O5. The van der Waals surface area contributed by atoms with Crippen molar-refractivity contribution in [1.82, 2.24) is 5.32 Å². The molecule has 7 heteroatoms. The van der Waals surface area contributed by atoms with Crippen molar-refractivity contribution in [3.05, 3.63) is 29.8 Å². The van der Waals surface area contributed by atoms with Crippen LogP contribution in [0.1, 0.15) is 23.2 Å². The molecule has 1 atom stereocenters. The Hall–Kier alpha value is -2.41. The summed E-state index contributed by atoms with van der Waals surface area (Å²) in [6.45, 7) is 0.422. The first-order valence-electron chi connectivity index (χ1n) is 6.97. The monoisotopic (exact) mass is 306 g/mol. The number of benzene rings is 1. The maximum Gasteiger partial charge on any atom is 0.337 e. The van der Waals surface area contributed by atoms with Crippen LogP contribution < -0.4 is 10.6 Å². The van der Waals surface area contributed by atoms with Crippen LogP contribution in [0.3, 0.4) is 0 Å². The minimum absolute atomic E-state index is 0.152. The van der Waals surface area contributed by atoms with E-state index in [9.17, 15) is 14.4 Å². The number of hydrogen-bond donors (Lipinski definition) is 2. The normalized spacial score (nSPS) is 16.9. The molecular weight excluding hydrogens is 288 g/mol. The SMILES string of the molecule is COC(=O)c1cccc(NC(=O)CNC(=O)C2CCCO2)c1. The number of rotatable bonds is 5. The lowest BCUT2D eigenvalue weighted by atomic mass is 10.2. The smallest absolute Gasteiger partial charge is 0.337 e. The van der Waals surface area contributed by atoms with Crippen LogP contribution in [-0.2, 0) is 19.1 Å². The number of carbonyl (C=O) groups is 3. The Balaban J connectivity index is 1.84. The van der Waals surface area contributed by atoms with Gasteiger partial charge < -0.3 is 20.1 Å². The number of hydrogen-bond acceptors (Lipinski definition) is 5. The second-order valence-electron chi connectivity index (χ2n) is 4.84. The van der Waals surface area contributed by atoms with Gasteiger partial charge in [-0.15, -0.1) is 0 Å². The Morgan fingerprint density at radius 2 is 2.18 bits per heavy atom. The summed E-state index contributed by atoms with van der Waals surface area (Å²) in [5.74, 6) is -1.15. The Labute approximate surface area is 128 Å². The molecule has 2 N–H and O–H groups in total. The molecule has 1 saturated heterocycles. The molecule has 1 fully saturated rings. The highest BCUT2D eigenvalue weighted by Crippen LogP contribution is 2.12. The minimum atomic E-state index is -0.484. The molecule has 1 aromatic rings. The van der Waals surface area contributed by atoms with E-state index in [1.807, 2.05) is 0 Å². The number of methoxy groups -OCH3 is 1. The van der Waals surface area contributed by atoms with E-state index in [1.165, 1.54) is 13.2 Å². The summed E-state index contributed by atoms with van der Waals surface area (Å²) in [6.07, 6.45) is 1.06. The van der Waals surface area contributed by atoms with Crippen molar-refractivity contribution >= 4 is 23.5 Å². The number of esters is 1. The van der Waals surface area contributed by atoms with Gasteiger partial charge in [0.25, 0.3) is 0 Å². The van der Waals surface area contributed by atoms with Crippen LogP contribution in [0, 0.1) is 0 Å². The zero-order valence-electron chi connectivity index (χ0n) is 12.3. The summed E-state index contributed by atoms with van der Waals surface area (Å²) in [4.78, 5) is 34.9. The van der Waals surface area contributed by atoms with Gasteiger partial charge >= 0.3 is 5.97 Å². The van der Waals surface area contributed by atoms with Gasteiger partial charge in [0, 0.05) is 12.3 Å². The van der Waals surface area contributed by atoms with Gasteiger partial charge in [0.05, 0.1) is 19.2 Å². The molecule has 0 spiro atoms. The summed E-state index contributed by atoms with van der Waals surface area (Å²) in [7, 11) is 1.29. The summed E-state index contributed by atoms with van der Waals surface area (Å²) in [5, 5.41) is 5.13. The fourth-order valence-electron chi connectivity index (χ4n) is 2.11. The summed E-state index contributed by atoms with van der Waals surface area (Å²) in [6, 6.07) is 6.37. The first-order valence-corrected chi connectivity index (χ1v) is 6.97. The minimum Gasteiger partial charge on any atom is -0.465 e. The number of carbonyl (C=O) groups excluding carboxylic acids is 3. The van der Waals surface area contributed by atoms with Gasteiger partial charge in [-0.3, -0.25) is 9.59 Å². The third kappa shape index (κ3) is 4.29. The highest BCUT2D eigenvalue weighted by atomic mass is 16.5. The van der Waals surface area contributed by atoms with Crippen LogP contribution in [-0.4, -0.2) is 44.1 Å². The molecule has 1 heterocycles. The maximum atomic E-state index is 11.8. The van der Waals surface area contributed by atoms with E-state index in [0.29, 0.717) is 24.3 Å². The third-order valence-electron chi connectivity index (χ3n) is 3.21. The molecule has 2 rings (SSSR count). The molecule has 0 bridgehead atoms. The molecule has 0 aliphatic carbocycles. The van der Waals surface area contributed by atoms with Gasteiger partial charge in [0.2, 0.25) is 11.8 Å². The van der Waals surface area contributed by atoms with Gasteiger partial charge in [-0.2, -0.15) is 0 Å². The number of amides is 2. The molecule has 118 valence electrons. The lowest BCUT2D eigenvalue weighted by molar-refractivity contribution is -0.131. The maximum absolute atomic E-state index is 11.8. The molecule has 0 radical (unpaired) electrons. The first kappa shape index (κ1) is 16.0. The van der Waals surface area contributed by atoms with Gasteiger partial charge in [-0.25, -0.2) is 4.79 Å². The third-order valence-corrected chi connectivity index (χ3v) is 3.21. The summed E-state index contributed by atoms with van der Waals surface area (Å²) >= 11 is 0. The van der Waals surface area contributed by atoms with E-state index in [1.54, 1.807) is 18.2 Å². The Bertz CT molecular complexity index is 567. The molecule has 1 aromatic carbocycles. The fourth-order valence-corrected chi connectivity index (χ4v) is 2.11. The molecule has 22 heavy (non-hydrogen) atoms.